The van der Waals surface area contributed by atoms with Gasteiger partial charge in [0.25, 0.3) is 0 Å². The first kappa shape index (κ1) is 20.0. The largest absolute Gasteiger partial charge is 0.324 e. The number of carbonyl (C=O) groups excluding carboxylic acids is 1. The fourth-order valence-corrected chi connectivity index (χ4v) is 4.20. The maximum Gasteiger partial charge on any atom is 0.238 e. The van der Waals surface area contributed by atoms with Gasteiger partial charge in [0.2, 0.25) is 5.91 Å². The Morgan fingerprint density at radius 1 is 1.11 bits per heavy atom. The molecule has 0 bridgehead atoms. The molecule has 0 aliphatic carbocycles. The molecule has 2 aromatic rings. The molecule has 1 aliphatic heterocycles. The molecule has 0 spiro atoms. The summed E-state index contributed by atoms with van der Waals surface area (Å²) in [6.07, 6.45) is 1.86. The maximum absolute atomic E-state index is 12.6. The number of hydrogen-bond donors (Lipinski definition) is 1. The van der Waals surface area contributed by atoms with Gasteiger partial charge in [-0.05, 0) is 30.9 Å². The predicted molar refractivity (Wildman–Crippen MR) is 112 cm³/mol. The summed E-state index contributed by atoms with van der Waals surface area (Å²) in [7, 11) is 0. The van der Waals surface area contributed by atoms with E-state index in [1.54, 1.807) is 11.3 Å². The van der Waals surface area contributed by atoms with Gasteiger partial charge in [-0.3, -0.25) is 14.6 Å². The van der Waals surface area contributed by atoms with Crippen molar-refractivity contribution in [3.63, 3.8) is 0 Å². The summed E-state index contributed by atoms with van der Waals surface area (Å²) in [5.74, 6) is 0.0918. The number of rotatable bonds is 7. The van der Waals surface area contributed by atoms with Crippen molar-refractivity contribution in [2.75, 3.05) is 38.0 Å². The molecule has 0 radical (unpaired) electrons. The highest BCUT2D eigenvalue weighted by atomic mass is 32.1. The Balaban J connectivity index is 1.50. The Morgan fingerprint density at radius 2 is 1.74 bits per heavy atom. The van der Waals surface area contributed by atoms with E-state index in [1.165, 1.54) is 11.1 Å². The molecular weight excluding hydrogens is 356 g/mol. The SMILES string of the molecule is CCc1cccc(CC)c1NC(=O)CN1CCN(Cc2csc(C)n2)CC1. The number of nitrogens with one attached hydrogen (secondary N) is 1. The van der Waals surface area contributed by atoms with E-state index in [4.69, 9.17) is 0 Å². The van der Waals surface area contributed by atoms with Crippen molar-refractivity contribution in [2.45, 2.75) is 40.2 Å². The van der Waals surface area contributed by atoms with Crippen LogP contribution in [0.2, 0.25) is 0 Å². The van der Waals surface area contributed by atoms with Gasteiger partial charge in [0.1, 0.15) is 0 Å². The lowest BCUT2D eigenvalue weighted by Crippen LogP contribution is -2.48. The molecule has 3 rings (SSSR count). The number of hydrogen-bond acceptors (Lipinski definition) is 5. The zero-order chi connectivity index (χ0) is 19.2. The molecule has 0 unspecified atom stereocenters. The van der Waals surface area contributed by atoms with Crippen LogP contribution in [0.4, 0.5) is 5.69 Å². The zero-order valence-electron chi connectivity index (χ0n) is 16.6. The number of anilines is 1. The molecule has 1 N–H and O–H groups in total. The van der Waals surface area contributed by atoms with E-state index in [1.807, 2.05) is 6.92 Å². The molecule has 1 aliphatic rings. The van der Waals surface area contributed by atoms with Crippen LogP contribution < -0.4 is 5.32 Å². The summed E-state index contributed by atoms with van der Waals surface area (Å²) < 4.78 is 0. The molecule has 2 heterocycles. The lowest BCUT2D eigenvalue weighted by atomic mass is 10.0. The van der Waals surface area contributed by atoms with Gasteiger partial charge in [-0.15, -0.1) is 11.3 Å². The number of amides is 1. The summed E-state index contributed by atoms with van der Waals surface area (Å²) >= 11 is 1.71. The van der Waals surface area contributed by atoms with E-state index >= 15 is 0 Å². The quantitative estimate of drug-likeness (QED) is 0.793. The summed E-state index contributed by atoms with van der Waals surface area (Å²) in [5, 5.41) is 6.45. The molecular formula is C21H30N4OS. The molecule has 0 atom stereocenters. The van der Waals surface area contributed by atoms with Gasteiger partial charge in [-0.2, -0.15) is 0 Å². The number of para-hydroxylation sites is 1. The summed E-state index contributed by atoms with van der Waals surface area (Å²) in [4.78, 5) is 21.8. The van der Waals surface area contributed by atoms with Crippen molar-refractivity contribution >= 4 is 22.9 Å². The van der Waals surface area contributed by atoms with Gasteiger partial charge >= 0.3 is 0 Å². The van der Waals surface area contributed by atoms with Crippen molar-refractivity contribution in [2.24, 2.45) is 0 Å². The van der Waals surface area contributed by atoms with Gasteiger partial charge in [-0.25, -0.2) is 4.98 Å². The monoisotopic (exact) mass is 386 g/mol. The lowest BCUT2D eigenvalue weighted by molar-refractivity contribution is -0.117. The van der Waals surface area contributed by atoms with E-state index in [2.05, 4.69) is 57.5 Å². The number of piperazine rings is 1. The fourth-order valence-electron chi connectivity index (χ4n) is 3.60. The highest BCUT2D eigenvalue weighted by molar-refractivity contribution is 7.09. The van der Waals surface area contributed by atoms with Crippen molar-refractivity contribution in [1.82, 2.24) is 14.8 Å². The predicted octanol–water partition coefficient (Wildman–Crippen LogP) is 3.33. The van der Waals surface area contributed by atoms with Gasteiger partial charge in [0, 0.05) is 43.8 Å². The third kappa shape index (κ3) is 5.37. The lowest BCUT2D eigenvalue weighted by Gasteiger charge is -2.34. The first-order valence-corrected chi connectivity index (χ1v) is 10.7. The summed E-state index contributed by atoms with van der Waals surface area (Å²) in [5.41, 5.74) is 4.61. The third-order valence-corrected chi connectivity index (χ3v) is 5.97. The van der Waals surface area contributed by atoms with Crippen molar-refractivity contribution in [3.05, 3.63) is 45.4 Å². The average Bonchev–Trinajstić information content (AvgIpc) is 3.08. The van der Waals surface area contributed by atoms with Crippen LogP contribution in [0, 0.1) is 6.92 Å². The Labute approximate surface area is 166 Å². The molecule has 5 nitrogen and oxygen atoms in total. The van der Waals surface area contributed by atoms with Crippen LogP contribution >= 0.6 is 11.3 Å². The molecule has 1 amide bonds. The van der Waals surface area contributed by atoms with E-state index in [-0.39, 0.29) is 5.91 Å². The molecule has 1 saturated heterocycles. The van der Waals surface area contributed by atoms with E-state index < -0.39 is 0 Å². The minimum absolute atomic E-state index is 0.0918. The minimum Gasteiger partial charge on any atom is -0.324 e. The maximum atomic E-state index is 12.6. The second-order valence-corrected chi connectivity index (χ2v) is 8.18. The molecule has 0 saturated carbocycles. The summed E-state index contributed by atoms with van der Waals surface area (Å²) in [6.45, 7) is 11.5. The Morgan fingerprint density at radius 3 is 2.30 bits per heavy atom. The van der Waals surface area contributed by atoms with Crippen LogP contribution in [0.1, 0.15) is 35.7 Å². The van der Waals surface area contributed by atoms with Crippen LogP contribution in [0.25, 0.3) is 0 Å². The molecule has 6 heteroatoms. The molecule has 27 heavy (non-hydrogen) atoms. The molecule has 146 valence electrons. The van der Waals surface area contributed by atoms with Gasteiger partial charge in [-0.1, -0.05) is 32.0 Å². The standard InChI is InChI=1S/C21H30N4OS/c1-4-17-7-6-8-18(5-2)21(17)23-20(26)14-25-11-9-24(10-12-25)13-19-15-27-16(3)22-19/h6-8,15H,4-5,9-14H2,1-3H3,(H,23,26). The molecule has 1 aromatic heterocycles. The van der Waals surface area contributed by atoms with E-state index in [9.17, 15) is 4.79 Å². The number of aryl methyl sites for hydroxylation is 3. The highest BCUT2D eigenvalue weighted by Gasteiger charge is 2.20. The van der Waals surface area contributed by atoms with Crippen LogP contribution in [-0.2, 0) is 24.2 Å². The van der Waals surface area contributed by atoms with Crippen LogP contribution in [0.15, 0.2) is 23.6 Å². The van der Waals surface area contributed by atoms with E-state index in [0.29, 0.717) is 6.54 Å². The van der Waals surface area contributed by atoms with Crippen LogP contribution in [0.5, 0.6) is 0 Å². The average molecular weight is 387 g/mol. The Kier molecular flexibility index (Phi) is 6.99. The smallest absolute Gasteiger partial charge is 0.238 e. The first-order chi connectivity index (χ1) is 13.1. The van der Waals surface area contributed by atoms with Gasteiger partial charge in [0.15, 0.2) is 0 Å². The van der Waals surface area contributed by atoms with Gasteiger partial charge < -0.3 is 5.32 Å². The van der Waals surface area contributed by atoms with Crippen molar-refractivity contribution in [3.8, 4) is 0 Å². The zero-order valence-corrected chi connectivity index (χ0v) is 17.4. The van der Waals surface area contributed by atoms with Crippen LogP contribution in [-0.4, -0.2) is 53.4 Å². The molecule has 1 aromatic carbocycles. The third-order valence-electron chi connectivity index (χ3n) is 5.15. The summed E-state index contributed by atoms with van der Waals surface area (Å²) in [6, 6.07) is 6.29. The topological polar surface area (TPSA) is 48.5 Å². The number of thiazole rings is 1. The second kappa shape index (κ2) is 9.44. The Bertz CT molecular complexity index is 743. The first-order valence-electron chi connectivity index (χ1n) is 9.85. The fraction of sp³-hybridized carbons (Fsp3) is 0.524. The van der Waals surface area contributed by atoms with Gasteiger partial charge in [0.05, 0.1) is 17.2 Å². The van der Waals surface area contributed by atoms with E-state index in [0.717, 1.165) is 62.0 Å². The van der Waals surface area contributed by atoms with Crippen LogP contribution in [0.3, 0.4) is 0 Å². The minimum atomic E-state index is 0.0918. The highest BCUT2D eigenvalue weighted by Crippen LogP contribution is 2.22. The number of benzene rings is 1. The Hall–Kier alpha value is -1.76. The van der Waals surface area contributed by atoms with Crippen molar-refractivity contribution < 1.29 is 4.79 Å². The number of nitrogens with zero attached hydrogens (tertiary/aromatic N) is 3. The number of aromatic nitrogens is 1. The number of carbonyl (C=O) groups is 1. The second-order valence-electron chi connectivity index (χ2n) is 7.12. The molecule has 1 fully saturated rings. The normalized spacial score (nSPS) is 15.8. The van der Waals surface area contributed by atoms with Crippen molar-refractivity contribution in [1.29, 1.82) is 0 Å².